The second-order valence-corrected chi connectivity index (χ2v) is 4.21. The number of nitrogens with two attached hydrogens (primary N) is 1. The van der Waals surface area contributed by atoms with Gasteiger partial charge < -0.3 is 15.5 Å². The SMILES string of the molecule is CN1CCN(c2ccc(F)cc2CN)CC1=O. The van der Waals surface area contributed by atoms with Crippen LogP contribution in [0.2, 0.25) is 0 Å². The molecule has 0 aliphatic carbocycles. The molecule has 0 radical (unpaired) electrons. The van der Waals surface area contributed by atoms with Crippen molar-refractivity contribution in [1.29, 1.82) is 0 Å². The van der Waals surface area contributed by atoms with Crippen LogP contribution in [0.4, 0.5) is 10.1 Å². The lowest BCUT2D eigenvalue weighted by Gasteiger charge is -2.34. The van der Waals surface area contributed by atoms with Crippen molar-refractivity contribution in [2.75, 3.05) is 31.6 Å². The highest BCUT2D eigenvalue weighted by molar-refractivity contribution is 5.82. The average Bonchev–Trinajstić information content (AvgIpc) is 2.32. The van der Waals surface area contributed by atoms with Gasteiger partial charge in [0.15, 0.2) is 0 Å². The predicted octanol–water partition coefficient (Wildman–Crippen LogP) is 0.563. The maximum absolute atomic E-state index is 13.1. The molecule has 1 amide bonds. The van der Waals surface area contributed by atoms with Crippen LogP contribution in [-0.4, -0.2) is 37.5 Å². The van der Waals surface area contributed by atoms with E-state index in [-0.39, 0.29) is 18.3 Å². The molecule has 2 rings (SSSR count). The number of rotatable bonds is 2. The van der Waals surface area contributed by atoms with Crippen molar-refractivity contribution in [2.45, 2.75) is 6.54 Å². The summed E-state index contributed by atoms with van der Waals surface area (Å²) in [5, 5.41) is 0. The number of benzene rings is 1. The number of amides is 1. The Kier molecular flexibility index (Phi) is 3.28. The minimum Gasteiger partial charge on any atom is -0.360 e. The third kappa shape index (κ3) is 2.39. The summed E-state index contributed by atoms with van der Waals surface area (Å²) in [5.74, 6) is -0.224. The second kappa shape index (κ2) is 4.71. The first-order chi connectivity index (χ1) is 8.11. The Morgan fingerprint density at radius 1 is 1.41 bits per heavy atom. The molecule has 1 aromatic rings. The van der Waals surface area contributed by atoms with E-state index >= 15 is 0 Å². The molecule has 5 heteroatoms. The number of nitrogens with zero attached hydrogens (tertiary/aromatic N) is 2. The molecule has 1 aliphatic heterocycles. The zero-order valence-corrected chi connectivity index (χ0v) is 9.82. The summed E-state index contributed by atoms with van der Waals surface area (Å²) in [6, 6.07) is 4.52. The lowest BCUT2D eigenvalue weighted by Crippen LogP contribution is -2.48. The maximum Gasteiger partial charge on any atom is 0.241 e. The largest absolute Gasteiger partial charge is 0.360 e. The lowest BCUT2D eigenvalue weighted by molar-refractivity contribution is -0.129. The van der Waals surface area contributed by atoms with Crippen LogP contribution in [0, 0.1) is 5.82 Å². The summed E-state index contributed by atoms with van der Waals surface area (Å²) in [5.41, 5.74) is 7.19. The average molecular weight is 237 g/mol. The highest BCUT2D eigenvalue weighted by atomic mass is 19.1. The Balaban J connectivity index is 2.25. The first-order valence-electron chi connectivity index (χ1n) is 5.59. The van der Waals surface area contributed by atoms with Crippen molar-refractivity contribution in [3.05, 3.63) is 29.6 Å². The smallest absolute Gasteiger partial charge is 0.241 e. The summed E-state index contributed by atoms with van der Waals surface area (Å²) in [4.78, 5) is 15.3. The van der Waals surface area contributed by atoms with Crippen molar-refractivity contribution in [2.24, 2.45) is 5.73 Å². The number of hydrogen-bond donors (Lipinski definition) is 1. The van der Waals surface area contributed by atoms with Crippen LogP contribution in [0.25, 0.3) is 0 Å². The van der Waals surface area contributed by atoms with E-state index in [1.165, 1.54) is 12.1 Å². The summed E-state index contributed by atoms with van der Waals surface area (Å²) in [6.45, 7) is 2.03. The first-order valence-corrected chi connectivity index (χ1v) is 5.59. The van der Waals surface area contributed by atoms with Crippen LogP contribution < -0.4 is 10.6 Å². The monoisotopic (exact) mass is 237 g/mol. The minimum absolute atomic E-state index is 0.0727. The molecular formula is C12H16FN3O. The summed E-state index contributed by atoms with van der Waals surface area (Å²) in [7, 11) is 1.79. The van der Waals surface area contributed by atoms with Crippen molar-refractivity contribution in [1.82, 2.24) is 4.90 Å². The van der Waals surface area contributed by atoms with Gasteiger partial charge in [0.05, 0.1) is 6.54 Å². The molecule has 0 spiro atoms. The van der Waals surface area contributed by atoms with Gasteiger partial charge in [0.2, 0.25) is 5.91 Å². The summed E-state index contributed by atoms with van der Waals surface area (Å²) in [6.07, 6.45) is 0. The van der Waals surface area contributed by atoms with E-state index in [2.05, 4.69) is 0 Å². The second-order valence-electron chi connectivity index (χ2n) is 4.21. The number of anilines is 1. The van der Waals surface area contributed by atoms with Crippen molar-refractivity contribution in [3.8, 4) is 0 Å². The quantitative estimate of drug-likeness (QED) is 0.817. The molecule has 1 fully saturated rings. The molecule has 0 atom stereocenters. The molecule has 1 aromatic carbocycles. The fourth-order valence-corrected chi connectivity index (χ4v) is 1.99. The number of piperazine rings is 1. The van der Waals surface area contributed by atoms with Gasteiger partial charge in [-0.05, 0) is 23.8 Å². The van der Waals surface area contributed by atoms with E-state index in [0.29, 0.717) is 13.1 Å². The maximum atomic E-state index is 13.1. The highest BCUT2D eigenvalue weighted by Crippen LogP contribution is 2.22. The molecule has 92 valence electrons. The number of carbonyl (C=O) groups is 1. The third-order valence-electron chi connectivity index (χ3n) is 3.06. The number of hydrogen-bond acceptors (Lipinski definition) is 3. The van der Waals surface area contributed by atoms with E-state index < -0.39 is 0 Å². The van der Waals surface area contributed by atoms with E-state index in [1.807, 2.05) is 4.90 Å². The van der Waals surface area contributed by atoms with Crippen molar-refractivity contribution >= 4 is 11.6 Å². The minimum atomic E-state index is -0.297. The molecule has 0 saturated carbocycles. The van der Waals surface area contributed by atoms with Gasteiger partial charge in [-0.3, -0.25) is 4.79 Å². The molecule has 0 bridgehead atoms. The Morgan fingerprint density at radius 3 is 2.82 bits per heavy atom. The molecule has 2 N–H and O–H groups in total. The Bertz CT molecular complexity index is 436. The predicted molar refractivity (Wildman–Crippen MR) is 64.1 cm³/mol. The van der Waals surface area contributed by atoms with Crippen LogP contribution in [0.15, 0.2) is 18.2 Å². The molecule has 17 heavy (non-hydrogen) atoms. The van der Waals surface area contributed by atoms with Gasteiger partial charge in [0.1, 0.15) is 5.82 Å². The van der Waals surface area contributed by atoms with Gasteiger partial charge >= 0.3 is 0 Å². The lowest BCUT2D eigenvalue weighted by atomic mass is 10.1. The van der Waals surface area contributed by atoms with Crippen LogP contribution in [-0.2, 0) is 11.3 Å². The Hall–Kier alpha value is -1.62. The molecular weight excluding hydrogens is 221 g/mol. The van der Waals surface area contributed by atoms with Crippen LogP contribution in [0.3, 0.4) is 0 Å². The standard InChI is InChI=1S/C12H16FN3O/c1-15-4-5-16(8-12(15)17)11-3-2-10(13)6-9(11)7-14/h2-3,6H,4-5,7-8,14H2,1H3. The zero-order valence-electron chi connectivity index (χ0n) is 9.82. The number of likely N-dealkylation sites (N-methyl/N-ethyl adjacent to an activating group) is 1. The molecule has 1 aliphatic rings. The molecule has 0 unspecified atom stereocenters. The first kappa shape index (κ1) is 11.9. The van der Waals surface area contributed by atoms with E-state index in [9.17, 15) is 9.18 Å². The normalized spacial score (nSPS) is 16.5. The fourth-order valence-electron chi connectivity index (χ4n) is 1.99. The fraction of sp³-hybridized carbons (Fsp3) is 0.417. The van der Waals surface area contributed by atoms with Gasteiger partial charge in [-0.2, -0.15) is 0 Å². The zero-order chi connectivity index (χ0) is 12.4. The number of carbonyl (C=O) groups excluding carboxylic acids is 1. The van der Waals surface area contributed by atoms with Gasteiger partial charge in [-0.1, -0.05) is 0 Å². The molecule has 4 nitrogen and oxygen atoms in total. The van der Waals surface area contributed by atoms with Gasteiger partial charge in [0.25, 0.3) is 0 Å². The van der Waals surface area contributed by atoms with E-state index in [1.54, 1.807) is 18.0 Å². The topological polar surface area (TPSA) is 49.6 Å². The van der Waals surface area contributed by atoms with Gasteiger partial charge in [-0.15, -0.1) is 0 Å². The van der Waals surface area contributed by atoms with E-state index in [0.717, 1.165) is 17.8 Å². The van der Waals surface area contributed by atoms with Crippen LogP contribution in [0.5, 0.6) is 0 Å². The molecule has 1 heterocycles. The van der Waals surface area contributed by atoms with Crippen molar-refractivity contribution < 1.29 is 9.18 Å². The highest BCUT2D eigenvalue weighted by Gasteiger charge is 2.22. The van der Waals surface area contributed by atoms with E-state index in [4.69, 9.17) is 5.73 Å². The van der Waals surface area contributed by atoms with Gasteiger partial charge in [0, 0.05) is 32.4 Å². The van der Waals surface area contributed by atoms with Crippen molar-refractivity contribution in [3.63, 3.8) is 0 Å². The summed E-state index contributed by atoms with van der Waals surface area (Å²) < 4.78 is 13.1. The Labute approximate surface area is 99.8 Å². The summed E-state index contributed by atoms with van der Waals surface area (Å²) >= 11 is 0. The van der Waals surface area contributed by atoms with Crippen LogP contribution in [0.1, 0.15) is 5.56 Å². The third-order valence-corrected chi connectivity index (χ3v) is 3.06. The Morgan fingerprint density at radius 2 is 2.18 bits per heavy atom. The van der Waals surface area contributed by atoms with Crippen LogP contribution >= 0.6 is 0 Å². The molecule has 0 aromatic heterocycles. The number of halogens is 1. The van der Waals surface area contributed by atoms with Gasteiger partial charge in [-0.25, -0.2) is 4.39 Å². The molecule has 1 saturated heterocycles.